The number of halogens is 3. The Labute approximate surface area is 123 Å². The predicted octanol–water partition coefficient (Wildman–Crippen LogP) is 4.16. The van der Waals surface area contributed by atoms with Crippen molar-refractivity contribution in [2.75, 3.05) is 13.2 Å². The summed E-state index contributed by atoms with van der Waals surface area (Å²) in [5.74, 6) is 0.557. The lowest BCUT2D eigenvalue weighted by atomic mass is 10.0. The largest absolute Gasteiger partial charge is 0.378 e. The maximum atomic E-state index is 6.14. The average Bonchev–Trinajstić information content (AvgIpc) is 2.74. The highest BCUT2D eigenvalue weighted by molar-refractivity contribution is 6.44. The molecule has 0 aliphatic carbocycles. The molecule has 1 aliphatic heterocycles. The van der Waals surface area contributed by atoms with Gasteiger partial charge in [-0.05, 0) is 31.4 Å². The van der Waals surface area contributed by atoms with Gasteiger partial charge in [-0.15, -0.1) is 0 Å². The van der Waals surface area contributed by atoms with Crippen LogP contribution in [0.4, 0.5) is 0 Å². The Morgan fingerprint density at radius 2 is 2.00 bits per heavy atom. The fourth-order valence-corrected chi connectivity index (χ4v) is 2.84. The number of hydrogen-bond acceptors (Lipinski definition) is 2. The third kappa shape index (κ3) is 3.31. The molecule has 0 saturated carbocycles. The quantitative estimate of drug-likeness (QED) is 0.843. The standard InChI is InChI=1S/C13H16Cl3NO/c1-8-9(4-5-18-8)6-17-7-10-11(14)2-3-12(15)13(10)16/h2-3,8-9,17H,4-7H2,1H3. The number of hydrogen-bond donors (Lipinski definition) is 1. The van der Waals surface area contributed by atoms with Crippen molar-refractivity contribution in [2.45, 2.75) is 26.0 Å². The first kappa shape index (κ1) is 14.4. The van der Waals surface area contributed by atoms with E-state index in [-0.39, 0.29) is 0 Å². The predicted molar refractivity (Wildman–Crippen MR) is 76.7 cm³/mol. The Bertz CT molecular complexity index is 425. The molecule has 0 radical (unpaired) electrons. The van der Waals surface area contributed by atoms with Gasteiger partial charge in [0, 0.05) is 30.3 Å². The van der Waals surface area contributed by atoms with Gasteiger partial charge in [0.05, 0.1) is 16.1 Å². The highest BCUT2D eigenvalue weighted by atomic mass is 35.5. The zero-order valence-electron chi connectivity index (χ0n) is 10.2. The van der Waals surface area contributed by atoms with Crippen molar-refractivity contribution >= 4 is 34.8 Å². The molecule has 2 rings (SSSR count). The SMILES string of the molecule is CC1OCCC1CNCc1c(Cl)ccc(Cl)c1Cl. The van der Waals surface area contributed by atoms with Gasteiger partial charge in [-0.1, -0.05) is 34.8 Å². The third-order valence-electron chi connectivity index (χ3n) is 3.38. The van der Waals surface area contributed by atoms with Crippen molar-refractivity contribution in [3.63, 3.8) is 0 Å². The highest BCUT2D eigenvalue weighted by Gasteiger charge is 2.23. The van der Waals surface area contributed by atoms with E-state index in [1.165, 1.54) is 0 Å². The topological polar surface area (TPSA) is 21.3 Å². The van der Waals surface area contributed by atoms with Gasteiger partial charge in [-0.2, -0.15) is 0 Å². The van der Waals surface area contributed by atoms with E-state index in [9.17, 15) is 0 Å². The molecule has 0 spiro atoms. The molecule has 18 heavy (non-hydrogen) atoms. The Balaban J connectivity index is 1.92. The number of ether oxygens (including phenoxy) is 1. The van der Waals surface area contributed by atoms with Gasteiger partial charge in [0.15, 0.2) is 0 Å². The molecule has 0 bridgehead atoms. The van der Waals surface area contributed by atoms with Crippen LogP contribution in [0.2, 0.25) is 15.1 Å². The molecule has 1 N–H and O–H groups in total. The van der Waals surface area contributed by atoms with Crippen LogP contribution in [-0.2, 0) is 11.3 Å². The summed E-state index contributed by atoms with van der Waals surface area (Å²) in [4.78, 5) is 0. The van der Waals surface area contributed by atoms with E-state index in [1.807, 2.05) is 0 Å². The monoisotopic (exact) mass is 307 g/mol. The van der Waals surface area contributed by atoms with E-state index in [2.05, 4.69) is 12.2 Å². The molecular formula is C13H16Cl3NO. The van der Waals surface area contributed by atoms with Gasteiger partial charge in [-0.3, -0.25) is 0 Å². The zero-order valence-corrected chi connectivity index (χ0v) is 12.4. The van der Waals surface area contributed by atoms with Gasteiger partial charge in [0.25, 0.3) is 0 Å². The highest BCUT2D eigenvalue weighted by Crippen LogP contribution is 2.31. The first-order valence-corrected chi connectivity index (χ1v) is 7.17. The lowest BCUT2D eigenvalue weighted by Crippen LogP contribution is -2.26. The molecule has 5 heteroatoms. The molecule has 2 atom stereocenters. The van der Waals surface area contributed by atoms with Gasteiger partial charge in [0.2, 0.25) is 0 Å². The van der Waals surface area contributed by atoms with Crippen LogP contribution in [0.3, 0.4) is 0 Å². The number of rotatable bonds is 4. The molecule has 1 saturated heterocycles. The molecule has 2 unspecified atom stereocenters. The van der Waals surface area contributed by atoms with Gasteiger partial charge < -0.3 is 10.1 Å². The van der Waals surface area contributed by atoms with E-state index < -0.39 is 0 Å². The summed E-state index contributed by atoms with van der Waals surface area (Å²) in [6, 6.07) is 3.48. The minimum absolute atomic E-state index is 0.322. The normalized spacial score (nSPS) is 23.6. The summed E-state index contributed by atoms with van der Waals surface area (Å²) < 4.78 is 5.52. The Kier molecular flexibility index (Phi) is 5.16. The van der Waals surface area contributed by atoms with E-state index >= 15 is 0 Å². The summed E-state index contributed by atoms with van der Waals surface area (Å²) in [7, 11) is 0. The summed E-state index contributed by atoms with van der Waals surface area (Å²) in [5, 5.41) is 5.09. The average molecular weight is 309 g/mol. The van der Waals surface area contributed by atoms with E-state index in [4.69, 9.17) is 39.5 Å². The van der Waals surface area contributed by atoms with Crippen LogP contribution in [0.5, 0.6) is 0 Å². The van der Waals surface area contributed by atoms with Crippen LogP contribution < -0.4 is 5.32 Å². The molecule has 1 heterocycles. The van der Waals surface area contributed by atoms with E-state index in [0.717, 1.165) is 25.1 Å². The fourth-order valence-electron chi connectivity index (χ4n) is 2.16. The Morgan fingerprint density at radius 1 is 1.28 bits per heavy atom. The van der Waals surface area contributed by atoms with Crippen LogP contribution >= 0.6 is 34.8 Å². The second kappa shape index (κ2) is 6.44. The van der Waals surface area contributed by atoms with Gasteiger partial charge in [0.1, 0.15) is 0 Å². The fraction of sp³-hybridized carbons (Fsp3) is 0.538. The van der Waals surface area contributed by atoms with E-state index in [0.29, 0.717) is 33.6 Å². The van der Waals surface area contributed by atoms with Crippen molar-refractivity contribution in [2.24, 2.45) is 5.92 Å². The summed E-state index contributed by atoms with van der Waals surface area (Å²) in [6.07, 6.45) is 1.42. The molecule has 1 aromatic rings. The first-order chi connectivity index (χ1) is 8.59. The van der Waals surface area contributed by atoms with Crippen LogP contribution in [0.1, 0.15) is 18.9 Å². The molecule has 2 nitrogen and oxygen atoms in total. The molecule has 0 aromatic heterocycles. The van der Waals surface area contributed by atoms with Crippen molar-refractivity contribution in [3.8, 4) is 0 Å². The minimum Gasteiger partial charge on any atom is -0.378 e. The second-order valence-electron chi connectivity index (χ2n) is 4.58. The van der Waals surface area contributed by atoms with Crippen molar-refractivity contribution < 1.29 is 4.74 Å². The second-order valence-corrected chi connectivity index (χ2v) is 5.77. The van der Waals surface area contributed by atoms with Crippen molar-refractivity contribution in [3.05, 3.63) is 32.8 Å². The minimum atomic E-state index is 0.322. The molecule has 100 valence electrons. The van der Waals surface area contributed by atoms with Gasteiger partial charge in [-0.25, -0.2) is 0 Å². The molecular weight excluding hydrogens is 293 g/mol. The third-order valence-corrected chi connectivity index (χ3v) is 4.58. The van der Waals surface area contributed by atoms with Crippen molar-refractivity contribution in [1.29, 1.82) is 0 Å². The molecule has 1 aromatic carbocycles. The Morgan fingerprint density at radius 3 is 2.67 bits per heavy atom. The lowest BCUT2D eigenvalue weighted by Gasteiger charge is -2.16. The van der Waals surface area contributed by atoms with Gasteiger partial charge >= 0.3 is 0 Å². The molecule has 1 fully saturated rings. The van der Waals surface area contributed by atoms with Crippen LogP contribution in [0.25, 0.3) is 0 Å². The van der Waals surface area contributed by atoms with Crippen LogP contribution in [0, 0.1) is 5.92 Å². The lowest BCUT2D eigenvalue weighted by molar-refractivity contribution is 0.105. The summed E-state index contributed by atoms with van der Waals surface area (Å²) >= 11 is 18.2. The summed E-state index contributed by atoms with van der Waals surface area (Å²) in [6.45, 7) is 4.49. The number of nitrogens with one attached hydrogen (secondary N) is 1. The maximum absolute atomic E-state index is 6.14. The molecule has 0 amide bonds. The Hall–Kier alpha value is 0.01000. The van der Waals surface area contributed by atoms with Crippen molar-refractivity contribution in [1.82, 2.24) is 5.32 Å². The maximum Gasteiger partial charge on any atom is 0.0652 e. The number of benzene rings is 1. The van der Waals surface area contributed by atoms with Crippen LogP contribution in [0.15, 0.2) is 12.1 Å². The van der Waals surface area contributed by atoms with Crippen LogP contribution in [-0.4, -0.2) is 19.3 Å². The first-order valence-electron chi connectivity index (χ1n) is 6.04. The smallest absolute Gasteiger partial charge is 0.0652 e. The summed E-state index contributed by atoms with van der Waals surface area (Å²) in [5.41, 5.74) is 0.859. The molecule has 1 aliphatic rings. The van der Waals surface area contributed by atoms with E-state index in [1.54, 1.807) is 12.1 Å². The zero-order chi connectivity index (χ0) is 13.1.